The number of carbonyl (C=O) groups excluding carboxylic acids is 1. The lowest BCUT2D eigenvalue weighted by Crippen LogP contribution is -2.28. The first-order valence-electron chi connectivity index (χ1n) is 10.1. The number of nitrogens with one attached hydrogen (secondary N) is 1. The van der Waals surface area contributed by atoms with Crippen LogP contribution in [0.15, 0.2) is 58.2 Å². The highest BCUT2D eigenvalue weighted by atomic mass is 35.5. The Morgan fingerprint density at radius 2 is 2.00 bits per heavy atom. The Morgan fingerprint density at radius 1 is 1.23 bits per heavy atom. The van der Waals surface area contributed by atoms with Crippen LogP contribution in [-0.2, 0) is 11.2 Å². The molecule has 0 unspecified atom stereocenters. The quantitative estimate of drug-likeness (QED) is 0.447. The van der Waals surface area contributed by atoms with Gasteiger partial charge in [0.15, 0.2) is 0 Å². The van der Waals surface area contributed by atoms with Crippen molar-refractivity contribution in [3.63, 3.8) is 0 Å². The summed E-state index contributed by atoms with van der Waals surface area (Å²) >= 11 is 7.32. The van der Waals surface area contributed by atoms with Gasteiger partial charge in [-0.2, -0.15) is 0 Å². The number of nitrogens with zero attached hydrogens (tertiary/aromatic N) is 2. The maximum Gasteiger partial charge on any atom is 0.228 e. The predicted octanol–water partition coefficient (Wildman–Crippen LogP) is 5.36. The van der Waals surface area contributed by atoms with Gasteiger partial charge in [-0.25, -0.2) is 4.99 Å². The molecule has 1 aliphatic rings. The molecule has 3 rings (SSSR count). The van der Waals surface area contributed by atoms with E-state index in [0.29, 0.717) is 10.7 Å². The molecule has 0 aliphatic carbocycles. The van der Waals surface area contributed by atoms with Crippen LogP contribution in [0, 0.1) is 0 Å². The number of carbonyl (C=O) groups is 1. The number of benzene rings is 2. The molecule has 30 heavy (non-hydrogen) atoms. The third kappa shape index (κ3) is 6.11. The summed E-state index contributed by atoms with van der Waals surface area (Å²) in [7, 11) is 0. The van der Waals surface area contributed by atoms with Crippen molar-refractivity contribution in [3.8, 4) is 0 Å². The molecule has 0 spiro atoms. The van der Waals surface area contributed by atoms with Crippen molar-refractivity contribution in [2.24, 2.45) is 10.1 Å². The fourth-order valence-electron chi connectivity index (χ4n) is 3.46. The van der Waals surface area contributed by atoms with E-state index in [1.807, 2.05) is 49.5 Å². The van der Waals surface area contributed by atoms with Crippen molar-refractivity contribution in [1.82, 2.24) is 4.90 Å². The standard InChI is InChI=1S/C23H27ClN4OS/c1-2-26-22(28-12-6-3-7-13-28)14-18-10-11-19(16-21(18)30-25)27-23(29)15-17-8-4-5-9-20(17)24/h2,4-5,8-11,14,16H,3,6-7,12-13,15,25H2,1H3,(H,27,29)/b22-14+,26-2-. The number of aliphatic imine (C=N–C) groups is 1. The molecule has 1 saturated heterocycles. The van der Waals surface area contributed by atoms with E-state index >= 15 is 0 Å². The maximum absolute atomic E-state index is 12.4. The zero-order valence-corrected chi connectivity index (χ0v) is 18.7. The summed E-state index contributed by atoms with van der Waals surface area (Å²) < 4.78 is 0. The average molecular weight is 443 g/mol. The Morgan fingerprint density at radius 3 is 2.70 bits per heavy atom. The molecule has 158 valence electrons. The summed E-state index contributed by atoms with van der Waals surface area (Å²) in [6.07, 6.45) is 7.74. The molecule has 0 atom stereocenters. The first-order chi connectivity index (χ1) is 14.6. The van der Waals surface area contributed by atoms with Crippen molar-refractivity contribution < 1.29 is 4.79 Å². The van der Waals surface area contributed by atoms with E-state index in [4.69, 9.17) is 16.7 Å². The molecule has 7 heteroatoms. The minimum atomic E-state index is -0.121. The number of anilines is 1. The number of piperidine rings is 1. The lowest BCUT2D eigenvalue weighted by Gasteiger charge is -2.29. The van der Waals surface area contributed by atoms with E-state index in [2.05, 4.69) is 21.3 Å². The van der Waals surface area contributed by atoms with Crippen molar-refractivity contribution in [2.45, 2.75) is 37.5 Å². The minimum absolute atomic E-state index is 0.121. The summed E-state index contributed by atoms with van der Waals surface area (Å²) in [5, 5.41) is 9.45. The molecule has 1 heterocycles. The molecule has 0 bridgehead atoms. The third-order valence-electron chi connectivity index (χ3n) is 4.96. The van der Waals surface area contributed by atoms with Gasteiger partial charge < -0.3 is 10.2 Å². The van der Waals surface area contributed by atoms with Gasteiger partial charge in [-0.3, -0.25) is 9.93 Å². The van der Waals surface area contributed by atoms with Crippen LogP contribution >= 0.6 is 23.5 Å². The Labute approximate surface area is 187 Å². The number of rotatable bonds is 7. The lowest BCUT2D eigenvalue weighted by molar-refractivity contribution is -0.115. The molecule has 2 aromatic carbocycles. The van der Waals surface area contributed by atoms with Crippen LogP contribution in [0.1, 0.15) is 37.3 Å². The van der Waals surface area contributed by atoms with Gasteiger partial charge in [0.1, 0.15) is 5.82 Å². The van der Waals surface area contributed by atoms with Crippen LogP contribution in [0.2, 0.25) is 5.02 Å². The third-order valence-corrected chi connectivity index (χ3v) is 5.94. The fraction of sp³-hybridized carbons (Fsp3) is 0.304. The number of amides is 1. The number of hydrogen-bond acceptors (Lipinski definition) is 5. The van der Waals surface area contributed by atoms with Gasteiger partial charge >= 0.3 is 0 Å². The van der Waals surface area contributed by atoms with Gasteiger partial charge in [0, 0.05) is 34.9 Å². The monoisotopic (exact) mass is 442 g/mol. The van der Waals surface area contributed by atoms with Crippen LogP contribution in [0.5, 0.6) is 0 Å². The predicted molar refractivity (Wildman–Crippen MR) is 128 cm³/mol. The molecule has 3 N–H and O–H groups in total. The molecule has 0 aromatic heterocycles. The minimum Gasteiger partial charge on any atom is -0.357 e. The van der Waals surface area contributed by atoms with Crippen LogP contribution in [0.25, 0.3) is 6.08 Å². The van der Waals surface area contributed by atoms with Crippen LogP contribution in [-0.4, -0.2) is 30.1 Å². The molecule has 1 aliphatic heterocycles. The van der Waals surface area contributed by atoms with E-state index in [0.717, 1.165) is 46.9 Å². The van der Waals surface area contributed by atoms with Crippen LogP contribution < -0.4 is 10.5 Å². The Bertz CT molecular complexity index is 939. The normalized spacial score (nSPS) is 14.9. The molecule has 0 radical (unpaired) electrons. The van der Waals surface area contributed by atoms with E-state index in [-0.39, 0.29) is 12.3 Å². The Kier molecular flexibility index (Phi) is 8.37. The van der Waals surface area contributed by atoms with E-state index in [9.17, 15) is 4.79 Å². The highest BCUT2D eigenvalue weighted by Gasteiger charge is 2.14. The number of nitrogens with two attached hydrogens (primary N) is 1. The van der Waals surface area contributed by atoms with Crippen LogP contribution in [0.3, 0.4) is 0 Å². The van der Waals surface area contributed by atoms with Crippen molar-refractivity contribution in [1.29, 1.82) is 0 Å². The second-order valence-corrected chi connectivity index (χ2v) is 8.21. The van der Waals surface area contributed by atoms with Gasteiger partial charge in [-0.15, -0.1) is 0 Å². The van der Waals surface area contributed by atoms with Gasteiger partial charge in [0.05, 0.1) is 6.42 Å². The molecule has 1 amide bonds. The van der Waals surface area contributed by atoms with E-state index < -0.39 is 0 Å². The first-order valence-corrected chi connectivity index (χ1v) is 11.4. The average Bonchev–Trinajstić information content (AvgIpc) is 2.76. The number of halogens is 1. The summed E-state index contributed by atoms with van der Waals surface area (Å²) in [6, 6.07) is 13.1. The van der Waals surface area contributed by atoms with Gasteiger partial charge in [-0.05, 0) is 73.5 Å². The summed E-state index contributed by atoms with van der Waals surface area (Å²) in [5.41, 5.74) is 2.49. The SMILES string of the molecule is C/C=N\C(=C/c1ccc(NC(=O)Cc2ccccc2Cl)cc1SN)N1CCCCC1. The second-order valence-electron chi connectivity index (χ2n) is 7.12. The van der Waals surface area contributed by atoms with Gasteiger partial charge in [-0.1, -0.05) is 35.9 Å². The maximum atomic E-state index is 12.4. The topological polar surface area (TPSA) is 70.7 Å². The van der Waals surface area contributed by atoms with Crippen molar-refractivity contribution in [3.05, 3.63) is 64.4 Å². The summed E-state index contributed by atoms with van der Waals surface area (Å²) in [5.74, 6) is 0.826. The lowest BCUT2D eigenvalue weighted by atomic mass is 10.1. The van der Waals surface area contributed by atoms with Crippen LogP contribution in [0.4, 0.5) is 5.69 Å². The van der Waals surface area contributed by atoms with E-state index in [1.54, 1.807) is 6.07 Å². The largest absolute Gasteiger partial charge is 0.357 e. The number of likely N-dealkylation sites (tertiary alicyclic amines) is 1. The second kappa shape index (κ2) is 11.2. The Balaban J connectivity index is 1.76. The molecular formula is C23H27ClN4OS. The fourth-order valence-corrected chi connectivity index (χ4v) is 4.12. The Hall–Kier alpha value is -2.28. The molecular weight excluding hydrogens is 416 g/mol. The van der Waals surface area contributed by atoms with E-state index in [1.165, 1.54) is 19.3 Å². The highest BCUT2D eigenvalue weighted by Crippen LogP contribution is 2.27. The first kappa shape index (κ1) is 22.4. The molecule has 0 saturated carbocycles. The molecule has 2 aromatic rings. The zero-order chi connectivity index (χ0) is 21.3. The highest BCUT2D eigenvalue weighted by molar-refractivity contribution is 7.97. The van der Waals surface area contributed by atoms with Gasteiger partial charge in [0.25, 0.3) is 0 Å². The number of hydrogen-bond donors (Lipinski definition) is 2. The van der Waals surface area contributed by atoms with Gasteiger partial charge in [0.2, 0.25) is 5.91 Å². The summed E-state index contributed by atoms with van der Waals surface area (Å²) in [6.45, 7) is 3.96. The van der Waals surface area contributed by atoms with Crippen molar-refractivity contribution in [2.75, 3.05) is 18.4 Å². The zero-order valence-electron chi connectivity index (χ0n) is 17.1. The smallest absolute Gasteiger partial charge is 0.228 e. The molecule has 5 nitrogen and oxygen atoms in total. The van der Waals surface area contributed by atoms with Crippen molar-refractivity contribution >= 4 is 47.4 Å². The summed E-state index contributed by atoms with van der Waals surface area (Å²) in [4.78, 5) is 20.2. The molecule has 1 fully saturated rings.